The molecule has 7 heteroatoms. The highest BCUT2D eigenvalue weighted by Crippen LogP contribution is 2.39. The van der Waals surface area contributed by atoms with Crippen molar-refractivity contribution in [2.45, 2.75) is 32.2 Å². The number of aliphatic hydroxyl groups excluding tert-OH is 1. The van der Waals surface area contributed by atoms with Gasteiger partial charge in [0.2, 0.25) is 0 Å². The van der Waals surface area contributed by atoms with Crippen molar-refractivity contribution in [1.29, 1.82) is 0 Å². The Hall–Kier alpha value is -3.06. The number of carbonyl (C=O) groups is 2. The lowest BCUT2D eigenvalue weighted by Gasteiger charge is -2.23. The van der Waals surface area contributed by atoms with Crippen LogP contribution in [0, 0.1) is 0 Å². The van der Waals surface area contributed by atoms with Crippen LogP contribution in [0.15, 0.2) is 52.7 Å². The van der Waals surface area contributed by atoms with Crippen LogP contribution in [0.25, 0.3) is 5.76 Å². The zero-order valence-electron chi connectivity index (χ0n) is 17.3. The Labute approximate surface area is 175 Å². The highest BCUT2D eigenvalue weighted by atomic mass is 16.5. The second-order valence-corrected chi connectivity index (χ2v) is 7.08. The van der Waals surface area contributed by atoms with Gasteiger partial charge in [-0.3, -0.25) is 9.59 Å². The number of methoxy groups -OCH3 is 1. The maximum Gasteiger partial charge on any atom is 0.295 e. The average Bonchev–Trinajstić information content (AvgIpc) is 3.36. The molecule has 1 saturated heterocycles. The molecule has 1 aromatic carbocycles. The number of furan rings is 1. The smallest absolute Gasteiger partial charge is 0.295 e. The number of hydrogen-bond donors (Lipinski definition) is 1. The predicted octanol–water partition coefficient (Wildman–Crippen LogP) is 3.92. The minimum atomic E-state index is -0.790. The van der Waals surface area contributed by atoms with Crippen LogP contribution in [0.1, 0.15) is 43.6 Å². The molecule has 0 bridgehead atoms. The molecule has 1 aliphatic rings. The molecule has 2 aromatic rings. The van der Waals surface area contributed by atoms with E-state index in [0.29, 0.717) is 43.3 Å². The van der Waals surface area contributed by atoms with Crippen LogP contribution < -0.4 is 4.74 Å². The van der Waals surface area contributed by atoms with Gasteiger partial charge in [0, 0.05) is 25.8 Å². The lowest BCUT2D eigenvalue weighted by Crippen LogP contribution is -2.31. The fraction of sp³-hybridized carbons (Fsp3) is 0.391. The number of unbranched alkanes of at least 4 members (excludes halogenated alkanes) is 1. The minimum Gasteiger partial charge on any atom is -0.507 e. The first-order chi connectivity index (χ1) is 14.6. The number of rotatable bonds is 10. The second kappa shape index (κ2) is 10.1. The van der Waals surface area contributed by atoms with E-state index in [4.69, 9.17) is 13.9 Å². The molecule has 0 radical (unpaired) electrons. The maximum atomic E-state index is 12.9. The zero-order chi connectivity index (χ0) is 21.5. The van der Waals surface area contributed by atoms with Gasteiger partial charge in [0.05, 0.1) is 18.4 Å². The summed E-state index contributed by atoms with van der Waals surface area (Å²) in [5, 5.41) is 11.0. The molecule has 3 rings (SSSR count). The quantitative estimate of drug-likeness (QED) is 0.275. The van der Waals surface area contributed by atoms with E-state index >= 15 is 0 Å². The third-order valence-corrected chi connectivity index (χ3v) is 4.97. The number of likely N-dealkylation sites (tertiary alicyclic amines) is 1. The molecule has 2 heterocycles. The predicted molar refractivity (Wildman–Crippen MR) is 111 cm³/mol. The number of aliphatic hydroxyl groups is 1. The first-order valence-corrected chi connectivity index (χ1v) is 10.1. The molecular formula is C23H27NO6. The highest BCUT2D eigenvalue weighted by Gasteiger charge is 2.47. The van der Waals surface area contributed by atoms with Gasteiger partial charge in [-0.05, 0) is 37.1 Å². The van der Waals surface area contributed by atoms with Crippen molar-refractivity contribution in [3.63, 3.8) is 0 Å². The Morgan fingerprint density at radius 2 is 2.00 bits per heavy atom. The van der Waals surface area contributed by atoms with Gasteiger partial charge >= 0.3 is 0 Å². The van der Waals surface area contributed by atoms with Gasteiger partial charge < -0.3 is 23.9 Å². The number of hydrogen-bond acceptors (Lipinski definition) is 6. The fourth-order valence-electron chi connectivity index (χ4n) is 3.46. The molecule has 1 N–H and O–H groups in total. The number of benzene rings is 1. The molecule has 1 amide bonds. The van der Waals surface area contributed by atoms with Crippen molar-refractivity contribution in [2.24, 2.45) is 0 Å². The number of ketones is 1. The topological polar surface area (TPSA) is 89.2 Å². The number of carbonyl (C=O) groups excluding carboxylic acids is 2. The molecule has 30 heavy (non-hydrogen) atoms. The second-order valence-electron chi connectivity index (χ2n) is 7.08. The van der Waals surface area contributed by atoms with Crippen molar-refractivity contribution in [1.82, 2.24) is 4.90 Å². The van der Waals surface area contributed by atoms with Crippen molar-refractivity contribution >= 4 is 17.4 Å². The summed E-state index contributed by atoms with van der Waals surface area (Å²) < 4.78 is 16.3. The summed E-state index contributed by atoms with van der Waals surface area (Å²) in [5.41, 5.74) is 0.425. The van der Waals surface area contributed by atoms with Gasteiger partial charge in [0.25, 0.3) is 11.7 Å². The average molecular weight is 413 g/mol. The van der Waals surface area contributed by atoms with Crippen LogP contribution in [0.2, 0.25) is 0 Å². The van der Waals surface area contributed by atoms with Crippen LogP contribution in [-0.4, -0.2) is 48.6 Å². The van der Waals surface area contributed by atoms with E-state index in [1.807, 2.05) is 0 Å². The Morgan fingerprint density at radius 1 is 1.17 bits per heavy atom. The van der Waals surface area contributed by atoms with Crippen LogP contribution in [0.4, 0.5) is 0 Å². The third-order valence-electron chi connectivity index (χ3n) is 4.97. The normalized spacial score (nSPS) is 18.2. The van der Waals surface area contributed by atoms with Gasteiger partial charge in [-0.2, -0.15) is 0 Å². The molecule has 0 spiro atoms. The van der Waals surface area contributed by atoms with E-state index in [2.05, 4.69) is 6.92 Å². The van der Waals surface area contributed by atoms with Gasteiger partial charge in [-0.25, -0.2) is 0 Å². The molecule has 0 saturated carbocycles. The van der Waals surface area contributed by atoms with Crippen molar-refractivity contribution in [2.75, 3.05) is 26.9 Å². The SMILES string of the molecule is CCCCOc1cccc(/C(O)=C2\C(=O)C(=O)N(CCCOC)C2c2ccco2)c1. The first-order valence-electron chi connectivity index (χ1n) is 10.1. The fourth-order valence-corrected chi connectivity index (χ4v) is 3.46. The van der Waals surface area contributed by atoms with Crippen LogP contribution in [-0.2, 0) is 14.3 Å². The molecule has 1 aromatic heterocycles. The monoisotopic (exact) mass is 413 g/mol. The summed E-state index contributed by atoms with van der Waals surface area (Å²) in [6.45, 7) is 3.40. The minimum absolute atomic E-state index is 0.0121. The molecule has 1 fully saturated rings. The van der Waals surface area contributed by atoms with E-state index in [1.165, 1.54) is 11.2 Å². The standard InChI is InChI=1S/C23H27NO6/c1-3-4-13-29-17-9-5-8-16(15-17)21(25)19-20(18-10-6-14-30-18)24(11-7-12-28-2)23(27)22(19)26/h5-6,8-10,14-15,20,25H,3-4,7,11-13H2,1-2H3/b21-19+. The molecular weight excluding hydrogens is 386 g/mol. The van der Waals surface area contributed by atoms with E-state index < -0.39 is 17.7 Å². The van der Waals surface area contributed by atoms with E-state index in [9.17, 15) is 14.7 Å². The number of nitrogens with zero attached hydrogens (tertiary/aromatic N) is 1. The van der Waals surface area contributed by atoms with Crippen LogP contribution in [0.3, 0.4) is 0 Å². The maximum absolute atomic E-state index is 12.9. The summed E-state index contributed by atoms with van der Waals surface area (Å²) >= 11 is 0. The Kier molecular flexibility index (Phi) is 7.30. The van der Waals surface area contributed by atoms with Gasteiger partial charge in [-0.15, -0.1) is 0 Å². The third kappa shape index (κ3) is 4.57. The van der Waals surface area contributed by atoms with Gasteiger partial charge in [0.15, 0.2) is 0 Å². The summed E-state index contributed by atoms with van der Waals surface area (Å²) in [4.78, 5) is 27.0. The molecule has 1 unspecified atom stereocenters. The summed E-state index contributed by atoms with van der Waals surface area (Å²) in [6, 6.07) is 9.47. The lowest BCUT2D eigenvalue weighted by molar-refractivity contribution is -0.140. The molecule has 0 aliphatic carbocycles. The number of Topliss-reactive ketones (excluding diaryl/α,β-unsaturated/α-hetero) is 1. The van der Waals surface area contributed by atoms with Crippen LogP contribution in [0.5, 0.6) is 5.75 Å². The Balaban J connectivity index is 1.98. The molecule has 1 aliphatic heterocycles. The highest BCUT2D eigenvalue weighted by molar-refractivity contribution is 6.46. The number of amides is 1. The molecule has 160 valence electrons. The summed E-state index contributed by atoms with van der Waals surface area (Å²) in [7, 11) is 1.58. The Morgan fingerprint density at radius 3 is 2.70 bits per heavy atom. The summed E-state index contributed by atoms with van der Waals surface area (Å²) in [6.07, 6.45) is 3.96. The molecule has 7 nitrogen and oxygen atoms in total. The molecule has 1 atom stereocenters. The lowest BCUT2D eigenvalue weighted by atomic mass is 9.99. The summed E-state index contributed by atoms with van der Waals surface area (Å²) in [5.74, 6) is -0.627. The van der Waals surface area contributed by atoms with E-state index in [-0.39, 0.29) is 11.3 Å². The van der Waals surface area contributed by atoms with E-state index in [1.54, 1.807) is 43.5 Å². The Bertz CT molecular complexity index is 902. The first kappa shape index (κ1) is 21.6. The van der Waals surface area contributed by atoms with Gasteiger partial charge in [0.1, 0.15) is 23.3 Å². The van der Waals surface area contributed by atoms with Crippen molar-refractivity contribution in [3.05, 3.63) is 59.6 Å². The van der Waals surface area contributed by atoms with E-state index in [0.717, 1.165) is 12.8 Å². The van der Waals surface area contributed by atoms with Crippen molar-refractivity contribution < 1.29 is 28.6 Å². The largest absolute Gasteiger partial charge is 0.507 e. The van der Waals surface area contributed by atoms with Crippen LogP contribution >= 0.6 is 0 Å². The zero-order valence-corrected chi connectivity index (χ0v) is 17.3. The van der Waals surface area contributed by atoms with Crippen molar-refractivity contribution in [3.8, 4) is 5.75 Å². The van der Waals surface area contributed by atoms with Gasteiger partial charge in [-0.1, -0.05) is 25.5 Å². The number of ether oxygens (including phenoxy) is 2.